The second-order valence-electron chi connectivity index (χ2n) is 11.7. The third-order valence-electron chi connectivity index (χ3n) is 8.79. The van der Waals surface area contributed by atoms with Crippen LogP contribution >= 0.6 is 0 Å². The van der Waals surface area contributed by atoms with E-state index in [0.29, 0.717) is 56.1 Å². The first-order valence-corrected chi connectivity index (χ1v) is 16.8. The monoisotopic (exact) mass is 660 g/mol. The maximum absolute atomic E-state index is 13.5. The van der Waals surface area contributed by atoms with Crippen molar-refractivity contribution in [1.29, 1.82) is 0 Å². The molecular formula is C40H24N2O6S. The van der Waals surface area contributed by atoms with Crippen LogP contribution in [0.1, 0.15) is 63.7 Å². The van der Waals surface area contributed by atoms with Crippen LogP contribution in [0.25, 0.3) is 0 Å². The van der Waals surface area contributed by atoms with Gasteiger partial charge in [0.05, 0.1) is 32.3 Å². The van der Waals surface area contributed by atoms with E-state index in [1.54, 1.807) is 109 Å². The first-order valence-electron chi connectivity index (χ1n) is 15.3. The predicted octanol–water partition coefficient (Wildman–Crippen LogP) is 7.56. The van der Waals surface area contributed by atoms with Crippen LogP contribution in [-0.4, -0.2) is 31.6 Å². The zero-order valence-electron chi connectivity index (χ0n) is 25.6. The van der Waals surface area contributed by atoms with Gasteiger partial charge in [-0.3, -0.25) is 19.2 Å². The van der Waals surface area contributed by atoms with Crippen LogP contribution in [0.4, 0.5) is 22.7 Å². The van der Waals surface area contributed by atoms with Gasteiger partial charge in [-0.15, -0.1) is 0 Å². The molecule has 9 heteroatoms. The molecule has 0 saturated heterocycles. The largest absolute Gasteiger partial charge is 0.355 e. The molecule has 6 aromatic carbocycles. The van der Waals surface area contributed by atoms with Crippen LogP contribution in [-0.2, 0) is 9.84 Å². The fraction of sp³-hybridized carbons (Fsp3) is 0. The van der Waals surface area contributed by atoms with Crippen LogP contribution < -0.4 is 10.6 Å². The van der Waals surface area contributed by atoms with E-state index in [1.807, 2.05) is 0 Å². The van der Waals surface area contributed by atoms with Crippen molar-refractivity contribution in [2.24, 2.45) is 0 Å². The van der Waals surface area contributed by atoms with E-state index in [0.717, 1.165) is 0 Å². The highest BCUT2D eigenvalue weighted by molar-refractivity contribution is 7.91. The molecule has 0 bridgehead atoms. The van der Waals surface area contributed by atoms with Crippen LogP contribution in [0, 0.1) is 0 Å². The highest BCUT2D eigenvalue weighted by atomic mass is 32.2. The minimum atomic E-state index is -3.90. The molecule has 0 saturated carbocycles. The van der Waals surface area contributed by atoms with Crippen molar-refractivity contribution < 1.29 is 27.6 Å². The third kappa shape index (κ3) is 4.87. The molecule has 2 aliphatic carbocycles. The molecule has 0 aliphatic heterocycles. The number of fused-ring (bicyclic) bond motifs is 4. The Morgan fingerprint density at radius 3 is 1.04 bits per heavy atom. The van der Waals surface area contributed by atoms with E-state index in [9.17, 15) is 27.6 Å². The van der Waals surface area contributed by atoms with Crippen molar-refractivity contribution in [3.05, 3.63) is 178 Å². The van der Waals surface area contributed by atoms with Crippen LogP contribution in [0.3, 0.4) is 0 Å². The molecule has 0 amide bonds. The molecule has 0 aromatic heterocycles. The molecule has 0 fully saturated rings. The molecule has 236 valence electrons. The van der Waals surface area contributed by atoms with Crippen molar-refractivity contribution >= 4 is 55.7 Å². The Morgan fingerprint density at radius 1 is 0.347 bits per heavy atom. The van der Waals surface area contributed by atoms with Gasteiger partial charge in [0.1, 0.15) is 0 Å². The summed E-state index contributed by atoms with van der Waals surface area (Å²) >= 11 is 0. The molecular weight excluding hydrogens is 637 g/mol. The lowest BCUT2D eigenvalue weighted by atomic mass is 9.83. The number of sulfone groups is 1. The van der Waals surface area contributed by atoms with Gasteiger partial charge in [0.15, 0.2) is 23.1 Å². The second kappa shape index (κ2) is 11.4. The van der Waals surface area contributed by atoms with Gasteiger partial charge in [-0.2, -0.15) is 0 Å². The van der Waals surface area contributed by atoms with Crippen LogP contribution in [0.2, 0.25) is 0 Å². The van der Waals surface area contributed by atoms with E-state index in [2.05, 4.69) is 10.6 Å². The van der Waals surface area contributed by atoms with Gasteiger partial charge in [0.2, 0.25) is 9.84 Å². The maximum Gasteiger partial charge on any atom is 0.206 e. The normalized spacial score (nSPS) is 13.2. The molecule has 0 radical (unpaired) electrons. The molecule has 6 aromatic rings. The zero-order valence-corrected chi connectivity index (χ0v) is 26.4. The summed E-state index contributed by atoms with van der Waals surface area (Å²) in [6.45, 7) is 0. The Labute approximate surface area is 281 Å². The first-order chi connectivity index (χ1) is 23.7. The SMILES string of the molecule is O=C1c2ccccc2C(=O)c2c(Nc3ccc(S(=O)(=O)c4ccc(Nc5cccc6c5C(=O)c5ccccc5C6=O)cc4)cc3)cccc21. The van der Waals surface area contributed by atoms with Gasteiger partial charge in [0, 0.05) is 44.8 Å². The fourth-order valence-electron chi connectivity index (χ4n) is 6.38. The molecule has 2 N–H and O–H groups in total. The van der Waals surface area contributed by atoms with Gasteiger partial charge in [-0.05, 0) is 60.7 Å². The highest BCUT2D eigenvalue weighted by Crippen LogP contribution is 2.35. The number of hydrogen-bond donors (Lipinski definition) is 2. The van der Waals surface area contributed by atoms with Gasteiger partial charge in [-0.25, -0.2) is 8.42 Å². The van der Waals surface area contributed by atoms with Crippen molar-refractivity contribution in [3.63, 3.8) is 0 Å². The molecule has 49 heavy (non-hydrogen) atoms. The number of ketones is 4. The molecule has 0 spiro atoms. The number of benzene rings is 6. The van der Waals surface area contributed by atoms with Gasteiger partial charge < -0.3 is 10.6 Å². The van der Waals surface area contributed by atoms with Crippen molar-refractivity contribution in [2.45, 2.75) is 9.79 Å². The number of carbonyl (C=O) groups excluding carboxylic acids is 4. The topological polar surface area (TPSA) is 126 Å². The smallest absolute Gasteiger partial charge is 0.206 e. The van der Waals surface area contributed by atoms with Crippen molar-refractivity contribution in [1.82, 2.24) is 0 Å². The fourth-order valence-corrected chi connectivity index (χ4v) is 7.64. The lowest BCUT2D eigenvalue weighted by Gasteiger charge is -2.21. The number of rotatable bonds is 6. The van der Waals surface area contributed by atoms with Gasteiger partial charge in [-0.1, -0.05) is 72.8 Å². The summed E-state index contributed by atoms with van der Waals surface area (Å²) in [5.41, 5.74) is 4.54. The zero-order chi connectivity index (χ0) is 33.9. The quantitative estimate of drug-likeness (QED) is 0.187. The number of carbonyl (C=O) groups is 4. The summed E-state index contributed by atoms with van der Waals surface area (Å²) in [5.74, 6) is -0.978. The number of hydrogen-bond acceptors (Lipinski definition) is 8. The summed E-state index contributed by atoms with van der Waals surface area (Å²) in [6, 6.07) is 35.8. The minimum Gasteiger partial charge on any atom is -0.355 e. The summed E-state index contributed by atoms with van der Waals surface area (Å²) < 4.78 is 27.1. The Bertz CT molecular complexity index is 2350. The minimum absolute atomic E-state index is 0.0638. The van der Waals surface area contributed by atoms with Crippen molar-refractivity contribution in [3.8, 4) is 0 Å². The first kappa shape index (κ1) is 29.9. The van der Waals surface area contributed by atoms with E-state index in [4.69, 9.17) is 0 Å². The van der Waals surface area contributed by atoms with Gasteiger partial charge >= 0.3 is 0 Å². The summed E-state index contributed by atoms with van der Waals surface area (Å²) in [4.78, 5) is 53.1. The summed E-state index contributed by atoms with van der Waals surface area (Å²) in [5, 5.41) is 6.35. The Balaban J connectivity index is 1.02. The number of nitrogens with one attached hydrogen (secondary N) is 2. The van der Waals surface area contributed by atoms with E-state index >= 15 is 0 Å². The summed E-state index contributed by atoms with van der Waals surface area (Å²) in [6.07, 6.45) is 0. The van der Waals surface area contributed by atoms with E-state index in [-0.39, 0.29) is 44.1 Å². The molecule has 2 aliphatic rings. The Kier molecular flexibility index (Phi) is 6.94. The predicted molar refractivity (Wildman–Crippen MR) is 184 cm³/mol. The molecule has 8 nitrogen and oxygen atoms in total. The van der Waals surface area contributed by atoms with E-state index in [1.165, 1.54) is 24.3 Å². The van der Waals surface area contributed by atoms with Crippen LogP contribution in [0.5, 0.6) is 0 Å². The Morgan fingerprint density at radius 2 is 0.673 bits per heavy atom. The Hall–Kier alpha value is -6.45. The maximum atomic E-state index is 13.5. The number of anilines is 4. The van der Waals surface area contributed by atoms with E-state index < -0.39 is 9.84 Å². The van der Waals surface area contributed by atoms with Gasteiger partial charge in [0.25, 0.3) is 0 Å². The third-order valence-corrected chi connectivity index (χ3v) is 10.6. The average molecular weight is 661 g/mol. The molecule has 0 unspecified atom stereocenters. The standard InChI is InChI=1S/C40H24N2O6S/c43-37-27-7-1-3-9-29(27)39(45)35-31(37)11-5-13-33(35)41-23-15-19-25(20-16-23)49(47,48)26-21-17-24(18-22-26)42-34-14-6-12-32-36(34)40(46)30-10-4-2-8-28(30)38(32)44/h1-22,41-42H. The second-order valence-corrected chi connectivity index (χ2v) is 13.6. The average Bonchev–Trinajstić information content (AvgIpc) is 3.13. The molecule has 8 rings (SSSR count). The lowest BCUT2D eigenvalue weighted by Crippen LogP contribution is -2.22. The lowest BCUT2D eigenvalue weighted by molar-refractivity contribution is 0.0979. The van der Waals surface area contributed by atoms with Crippen LogP contribution in [0.15, 0.2) is 143 Å². The molecule has 0 atom stereocenters. The molecule has 0 heterocycles. The van der Waals surface area contributed by atoms with Crippen molar-refractivity contribution in [2.75, 3.05) is 10.6 Å². The highest BCUT2D eigenvalue weighted by Gasteiger charge is 2.32. The summed E-state index contributed by atoms with van der Waals surface area (Å²) in [7, 11) is -3.90.